The summed E-state index contributed by atoms with van der Waals surface area (Å²) in [6, 6.07) is 0. The van der Waals surface area contributed by atoms with E-state index in [0.29, 0.717) is 23.7 Å². The minimum Gasteiger partial charge on any atom is -0.393 e. The van der Waals surface area contributed by atoms with Crippen LogP contribution in [0.3, 0.4) is 0 Å². The maximum atomic E-state index is 10.2. The molecule has 4 saturated carbocycles. The lowest BCUT2D eigenvalue weighted by Gasteiger charge is -2.57. The maximum absolute atomic E-state index is 10.2. The largest absolute Gasteiger partial charge is 0.393 e. The molecule has 0 spiro atoms. The van der Waals surface area contributed by atoms with Crippen LogP contribution in [0.15, 0.2) is 0 Å². The molecule has 4 N–H and O–H groups in total. The molecule has 0 heterocycles. The van der Waals surface area contributed by atoms with Crippen molar-refractivity contribution in [2.75, 3.05) is 0 Å². The molecule has 192 valence electrons. The molecule has 4 heteroatoms. The summed E-state index contributed by atoms with van der Waals surface area (Å²) in [6.07, 6.45) is 17.4. The highest BCUT2D eigenvalue weighted by Gasteiger charge is 2.52. The Morgan fingerprint density at radius 3 is 0.758 bits per heavy atom. The molecule has 4 aliphatic carbocycles. The highest BCUT2D eigenvalue weighted by molar-refractivity contribution is 5.02. The Morgan fingerprint density at radius 1 is 0.394 bits per heavy atom. The normalized spacial score (nSPS) is 44.5. The number of hydrogen-bond acceptors (Lipinski definition) is 4. The van der Waals surface area contributed by atoms with Gasteiger partial charge in [-0.15, -0.1) is 0 Å². The minimum atomic E-state index is -0.121. The van der Waals surface area contributed by atoms with Gasteiger partial charge in [0, 0.05) is 0 Å². The van der Waals surface area contributed by atoms with Gasteiger partial charge < -0.3 is 20.4 Å². The molecule has 33 heavy (non-hydrogen) atoms. The van der Waals surface area contributed by atoms with Crippen molar-refractivity contribution in [1.29, 1.82) is 0 Å². The van der Waals surface area contributed by atoms with Gasteiger partial charge in [0.05, 0.1) is 24.4 Å². The molecule has 0 aliphatic heterocycles. The molecule has 0 amide bonds. The van der Waals surface area contributed by atoms with Crippen LogP contribution in [-0.2, 0) is 0 Å². The lowest BCUT2D eigenvalue weighted by atomic mass is 9.49. The fraction of sp³-hybridized carbons (Fsp3) is 1.00. The van der Waals surface area contributed by atoms with Crippen LogP contribution < -0.4 is 0 Å². The molecule has 4 aliphatic rings. The molecular weight excluding hydrogens is 412 g/mol. The summed E-state index contributed by atoms with van der Waals surface area (Å²) < 4.78 is 0. The third-order valence-electron chi connectivity index (χ3n) is 11.3. The van der Waals surface area contributed by atoms with Gasteiger partial charge in [0.15, 0.2) is 0 Å². The first-order valence-corrected chi connectivity index (χ1v) is 14.4. The Kier molecular flexibility index (Phi) is 8.52. The summed E-state index contributed by atoms with van der Waals surface area (Å²) in [5.41, 5.74) is 0.475. The van der Waals surface area contributed by atoms with Crippen LogP contribution in [0.4, 0.5) is 0 Å². The third-order valence-corrected chi connectivity index (χ3v) is 11.3. The molecule has 0 radical (unpaired) electrons. The Morgan fingerprint density at radius 2 is 0.576 bits per heavy atom. The van der Waals surface area contributed by atoms with Crippen LogP contribution in [0.25, 0.3) is 0 Å². The Labute approximate surface area is 202 Å². The maximum Gasteiger partial charge on any atom is 0.0540 e. The highest BCUT2D eigenvalue weighted by Crippen LogP contribution is 2.60. The van der Waals surface area contributed by atoms with E-state index >= 15 is 0 Å². The minimum absolute atomic E-state index is 0.121. The topological polar surface area (TPSA) is 80.9 Å². The first-order chi connectivity index (χ1) is 15.7. The number of aliphatic hydroxyl groups excluding tert-OH is 4. The Balaban J connectivity index is 1.62. The molecular formula is C29H52O4. The SMILES string of the molecule is CC(CC(C)(C1CCC(O)CC1)C1CCC(O)CC1)(C1CCC(O)CC1)C1CCC(O)CC1. The second-order valence-corrected chi connectivity index (χ2v) is 13.2. The van der Waals surface area contributed by atoms with Gasteiger partial charge in [-0.3, -0.25) is 0 Å². The average Bonchev–Trinajstić information content (AvgIpc) is 2.80. The third kappa shape index (κ3) is 5.81. The summed E-state index contributed by atoms with van der Waals surface area (Å²) in [5, 5.41) is 41.0. The van der Waals surface area contributed by atoms with E-state index in [0.717, 1.165) is 103 Å². The molecule has 0 aromatic rings. The van der Waals surface area contributed by atoms with Gasteiger partial charge in [-0.25, -0.2) is 0 Å². The monoisotopic (exact) mass is 464 g/mol. The van der Waals surface area contributed by atoms with Crippen molar-refractivity contribution in [3.8, 4) is 0 Å². The average molecular weight is 465 g/mol. The van der Waals surface area contributed by atoms with Crippen LogP contribution in [-0.4, -0.2) is 44.8 Å². The van der Waals surface area contributed by atoms with Crippen molar-refractivity contribution in [3.05, 3.63) is 0 Å². The van der Waals surface area contributed by atoms with Crippen molar-refractivity contribution in [1.82, 2.24) is 0 Å². The van der Waals surface area contributed by atoms with Crippen LogP contribution in [0, 0.1) is 34.5 Å². The summed E-state index contributed by atoms with van der Waals surface area (Å²) in [4.78, 5) is 0. The quantitative estimate of drug-likeness (QED) is 0.413. The Bertz CT molecular complexity index is 493. The fourth-order valence-electron chi connectivity index (χ4n) is 9.01. The van der Waals surface area contributed by atoms with Crippen LogP contribution >= 0.6 is 0 Å². The van der Waals surface area contributed by atoms with Gasteiger partial charge in [0.25, 0.3) is 0 Å². The summed E-state index contributed by atoms with van der Waals surface area (Å²) >= 11 is 0. The van der Waals surface area contributed by atoms with E-state index in [2.05, 4.69) is 13.8 Å². The van der Waals surface area contributed by atoms with Crippen molar-refractivity contribution in [2.24, 2.45) is 34.5 Å². The van der Waals surface area contributed by atoms with Gasteiger partial charge in [-0.05, 0) is 144 Å². The molecule has 4 rings (SSSR count). The number of rotatable bonds is 6. The predicted octanol–water partition coefficient (Wildman–Crippen LogP) is 5.59. The van der Waals surface area contributed by atoms with Gasteiger partial charge in [-0.2, -0.15) is 0 Å². The summed E-state index contributed by atoms with van der Waals surface area (Å²) in [6.45, 7) is 5.18. The van der Waals surface area contributed by atoms with E-state index in [1.807, 2.05) is 0 Å². The van der Waals surface area contributed by atoms with E-state index in [1.165, 1.54) is 6.42 Å². The lowest BCUT2D eigenvalue weighted by Crippen LogP contribution is -2.49. The molecule has 0 aromatic heterocycles. The van der Waals surface area contributed by atoms with Crippen LogP contribution in [0.2, 0.25) is 0 Å². The molecule has 4 nitrogen and oxygen atoms in total. The second kappa shape index (κ2) is 10.8. The van der Waals surface area contributed by atoms with Gasteiger partial charge in [0.2, 0.25) is 0 Å². The van der Waals surface area contributed by atoms with E-state index in [1.54, 1.807) is 0 Å². The van der Waals surface area contributed by atoms with E-state index in [4.69, 9.17) is 0 Å². The highest BCUT2D eigenvalue weighted by atomic mass is 16.3. The first kappa shape index (κ1) is 25.9. The van der Waals surface area contributed by atoms with E-state index in [-0.39, 0.29) is 35.2 Å². The van der Waals surface area contributed by atoms with Gasteiger partial charge in [-0.1, -0.05) is 13.8 Å². The van der Waals surface area contributed by atoms with E-state index in [9.17, 15) is 20.4 Å². The van der Waals surface area contributed by atoms with Crippen LogP contribution in [0.1, 0.15) is 123 Å². The molecule has 0 aromatic carbocycles. The molecule has 4 fully saturated rings. The smallest absolute Gasteiger partial charge is 0.0540 e. The molecule has 0 unspecified atom stereocenters. The first-order valence-electron chi connectivity index (χ1n) is 14.4. The standard InChI is InChI=1S/C29H52O4/c1-28(20-3-11-24(30)12-4-20,21-5-13-25(31)14-6-21)19-29(2,22-7-15-26(32)16-8-22)23-9-17-27(33)18-10-23/h20-27,30-33H,3-19H2,1-2H3. The van der Waals surface area contributed by atoms with E-state index < -0.39 is 0 Å². The zero-order valence-corrected chi connectivity index (χ0v) is 21.4. The van der Waals surface area contributed by atoms with Crippen molar-refractivity contribution in [2.45, 2.75) is 147 Å². The molecule has 0 atom stereocenters. The van der Waals surface area contributed by atoms with Gasteiger partial charge >= 0.3 is 0 Å². The van der Waals surface area contributed by atoms with Crippen molar-refractivity contribution in [3.63, 3.8) is 0 Å². The predicted molar refractivity (Wildman–Crippen MR) is 133 cm³/mol. The number of hydrogen-bond donors (Lipinski definition) is 4. The summed E-state index contributed by atoms with van der Waals surface area (Å²) in [7, 11) is 0. The lowest BCUT2D eigenvalue weighted by molar-refractivity contribution is -0.0871. The number of aliphatic hydroxyl groups is 4. The zero-order chi connectivity index (χ0) is 23.6. The van der Waals surface area contributed by atoms with Gasteiger partial charge in [0.1, 0.15) is 0 Å². The Hall–Kier alpha value is -0.160. The van der Waals surface area contributed by atoms with Crippen molar-refractivity contribution < 1.29 is 20.4 Å². The van der Waals surface area contributed by atoms with Crippen molar-refractivity contribution >= 4 is 0 Å². The second-order valence-electron chi connectivity index (χ2n) is 13.2. The molecule has 0 bridgehead atoms. The fourth-order valence-corrected chi connectivity index (χ4v) is 9.01. The summed E-state index contributed by atoms with van der Waals surface area (Å²) in [5.74, 6) is 2.63. The molecule has 0 saturated heterocycles. The van der Waals surface area contributed by atoms with Crippen LogP contribution in [0.5, 0.6) is 0 Å². The zero-order valence-electron chi connectivity index (χ0n) is 21.4.